The third-order valence-electron chi connectivity index (χ3n) is 3.59. The number of ether oxygens (including phenoxy) is 1. The van der Waals surface area contributed by atoms with Crippen molar-refractivity contribution in [2.45, 2.75) is 6.10 Å². The largest absolute Gasteiger partial charge is 0.489 e. The first-order valence-electron chi connectivity index (χ1n) is 7.19. The Bertz CT molecular complexity index is 634. The van der Waals surface area contributed by atoms with E-state index in [0.717, 1.165) is 0 Å². The molecule has 6 nitrogen and oxygen atoms in total. The Morgan fingerprint density at radius 3 is 2.52 bits per heavy atom. The number of aliphatic hydroxyl groups is 1. The van der Waals surface area contributed by atoms with E-state index in [9.17, 15) is 13.5 Å². The molecule has 1 aliphatic heterocycles. The number of nitrogens with zero attached hydrogens (tertiary/aromatic N) is 2. The summed E-state index contributed by atoms with van der Waals surface area (Å²) < 4.78 is 29.8. The van der Waals surface area contributed by atoms with Crippen molar-refractivity contribution in [1.82, 2.24) is 9.21 Å². The smallest absolute Gasteiger partial charge is 0.211 e. The van der Waals surface area contributed by atoms with Gasteiger partial charge in [0.25, 0.3) is 0 Å². The molecule has 1 fully saturated rings. The zero-order valence-electron chi connectivity index (χ0n) is 12.8. The lowest BCUT2D eigenvalue weighted by Gasteiger charge is -2.34. The monoisotopic (exact) mass is 382 g/mol. The minimum absolute atomic E-state index is 0.0896. The number of β-amino-alcohol motifs (C(OH)–C–C–N with tert-alkyl or cyclic N) is 1. The lowest BCUT2D eigenvalue weighted by atomic mass is 10.3. The summed E-state index contributed by atoms with van der Waals surface area (Å²) in [7, 11) is -3.14. The molecule has 0 aromatic heterocycles. The predicted octanol–water partition coefficient (Wildman–Crippen LogP) is 1.31. The summed E-state index contributed by atoms with van der Waals surface area (Å²) in [6.07, 6.45) is 0.509. The van der Waals surface area contributed by atoms with Crippen LogP contribution in [0.2, 0.25) is 10.0 Å². The van der Waals surface area contributed by atoms with Gasteiger partial charge < -0.3 is 9.84 Å². The molecule has 0 spiro atoms. The Labute approximate surface area is 146 Å². The fraction of sp³-hybridized carbons (Fsp3) is 0.571. The van der Waals surface area contributed by atoms with Crippen molar-refractivity contribution in [3.63, 3.8) is 0 Å². The summed E-state index contributed by atoms with van der Waals surface area (Å²) >= 11 is 11.9. The van der Waals surface area contributed by atoms with E-state index < -0.39 is 16.1 Å². The normalized spacial score (nSPS) is 18.8. The molecule has 1 N–H and O–H groups in total. The van der Waals surface area contributed by atoms with Crippen LogP contribution in [0.4, 0.5) is 0 Å². The van der Waals surface area contributed by atoms with E-state index in [2.05, 4.69) is 0 Å². The number of benzene rings is 1. The van der Waals surface area contributed by atoms with Gasteiger partial charge in [-0.15, -0.1) is 0 Å². The molecule has 1 aliphatic rings. The number of hydrogen-bond acceptors (Lipinski definition) is 5. The number of sulfonamides is 1. The molecular weight excluding hydrogens is 363 g/mol. The van der Waals surface area contributed by atoms with Crippen molar-refractivity contribution in [3.8, 4) is 5.75 Å². The van der Waals surface area contributed by atoms with E-state index in [-0.39, 0.29) is 6.61 Å². The molecule has 0 aliphatic carbocycles. The van der Waals surface area contributed by atoms with Gasteiger partial charge in [-0.25, -0.2) is 8.42 Å². The van der Waals surface area contributed by atoms with Gasteiger partial charge in [0.2, 0.25) is 10.0 Å². The first-order valence-corrected chi connectivity index (χ1v) is 9.79. The fourth-order valence-corrected chi connectivity index (χ4v) is 3.53. The molecular formula is C14H20Cl2N2O4S. The molecule has 1 heterocycles. The van der Waals surface area contributed by atoms with Crippen LogP contribution in [-0.4, -0.2) is 74.4 Å². The first kappa shape index (κ1) is 18.8. The molecule has 1 aromatic rings. The van der Waals surface area contributed by atoms with Crippen molar-refractivity contribution in [2.75, 3.05) is 45.6 Å². The van der Waals surface area contributed by atoms with Crippen LogP contribution in [0.15, 0.2) is 18.2 Å². The second kappa shape index (κ2) is 8.00. The molecule has 1 atom stereocenters. The van der Waals surface area contributed by atoms with Crippen LogP contribution >= 0.6 is 23.2 Å². The van der Waals surface area contributed by atoms with Gasteiger partial charge in [0.15, 0.2) is 0 Å². The van der Waals surface area contributed by atoms with E-state index in [1.165, 1.54) is 10.6 Å². The highest BCUT2D eigenvalue weighted by Gasteiger charge is 2.24. The Kier molecular flexibility index (Phi) is 6.53. The van der Waals surface area contributed by atoms with E-state index in [0.29, 0.717) is 48.5 Å². The van der Waals surface area contributed by atoms with Crippen molar-refractivity contribution < 1.29 is 18.3 Å². The van der Waals surface area contributed by atoms with Gasteiger partial charge in [0.05, 0.1) is 11.3 Å². The number of rotatable bonds is 6. The maximum atomic E-state index is 11.4. The van der Waals surface area contributed by atoms with Crippen LogP contribution in [0.25, 0.3) is 0 Å². The molecule has 9 heteroatoms. The molecule has 0 saturated carbocycles. The Balaban J connectivity index is 1.77. The molecule has 23 heavy (non-hydrogen) atoms. The SMILES string of the molecule is CS(=O)(=O)N1CCN(C[C@@H](O)COc2cc(Cl)ccc2Cl)CC1. The third kappa shape index (κ3) is 5.77. The Hall–Kier alpha value is -0.570. The summed E-state index contributed by atoms with van der Waals surface area (Å²) in [6.45, 7) is 2.55. The number of piperazine rings is 1. The second-order valence-corrected chi connectivity index (χ2v) is 8.33. The van der Waals surface area contributed by atoms with Crippen molar-refractivity contribution in [1.29, 1.82) is 0 Å². The molecule has 130 valence electrons. The summed E-state index contributed by atoms with van der Waals surface area (Å²) in [4.78, 5) is 2.01. The zero-order valence-corrected chi connectivity index (χ0v) is 15.1. The van der Waals surface area contributed by atoms with Gasteiger partial charge in [-0.3, -0.25) is 4.90 Å². The lowest BCUT2D eigenvalue weighted by molar-refractivity contribution is 0.0570. The molecule has 0 amide bonds. The van der Waals surface area contributed by atoms with E-state index >= 15 is 0 Å². The van der Waals surface area contributed by atoms with Crippen LogP contribution in [0.3, 0.4) is 0 Å². The highest BCUT2D eigenvalue weighted by molar-refractivity contribution is 7.88. The lowest BCUT2D eigenvalue weighted by Crippen LogP contribution is -2.50. The molecule has 2 rings (SSSR count). The summed E-state index contributed by atoms with van der Waals surface area (Å²) in [5.41, 5.74) is 0. The minimum Gasteiger partial charge on any atom is -0.489 e. The number of hydrogen-bond donors (Lipinski definition) is 1. The van der Waals surface area contributed by atoms with Gasteiger partial charge >= 0.3 is 0 Å². The molecule has 1 aromatic carbocycles. The summed E-state index contributed by atoms with van der Waals surface area (Å²) in [6, 6.07) is 4.89. The second-order valence-electron chi connectivity index (χ2n) is 5.50. The van der Waals surface area contributed by atoms with Crippen LogP contribution in [0, 0.1) is 0 Å². The third-order valence-corrected chi connectivity index (χ3v) is 5.44. The van der Waals surface area contributed by atoms with Crippen molar-refractivity contribution >= 4 is 33.2 Å². The number of aliphatic hydroxyl groups excluding tert-OH is 1. The standard InChI is InChI=1S/C14H20Cl2N2O4S/c1-23(20,21)18-6-4-17(5-7-18)9-12(19)10-22-14-8-11(15)2-3-13(14)16/h2-3,8,12,19H,4-7,9-10H2,1H3/t12-/m1/s1. The van der Waals surface area contributed by atoms with Crippen LogP contribution in [0.1, 0.15) is 0 Å². The van der Waals surface area contributed by atoms with E-state index in [1.807, 2.05) is 4.90 Å². The Morgan fingerprint density at radius 1 is 1.26 bits per heavy atom. The maximum absolute atomic E-state index is 11.4. The molecule has 1 saturated heterocycles. The summed E-state index contributed by atoms with van der Waals surface area (Å²) in [5, 5.41) is 11.0. The fourth-order valence-electron chi connectivity index (χ4n) is 2.37. The van der Waals surface area contributed by atoms with Crippen molar-refractivity contribution in [2.24, 2.45) is 0 Å². The molecule has 0 radical (unpaired) electrons. The highest BCUT2D eigenvalue weighted by Crippen LogP contribution is 2.27. The van der Waals surface area contributed by atoms with Crippen LogP contribution in [-0.2, 0) is 10.0 Å². The van der Waals surface area contributed by atoms with Crippen LogP contribution in [0.5, 0.6) is 5.75 Å². The minimum atomic E-state index is -3.14. The number of halogens is 2. The van der Waals surface area contributed by atoms with Gasteiger partial charge in [0, 0.05) is 43.8 Å². The topological polar surface area (TPSA) is 70.1 Å². The average molecular weight is 383 g/mol. The van der Waals surface area contributed by atoms with Gasteiger partial charge in [-0.2, -0.15) is 4.31 Å². The maximum Gasteiger partial charge on any atom is 0.211 e. The van der Waals surface area contributed by atoms with Gasteiger partial charge in [-0.1, -0.05) is 23.2 Å². The van der Waals surface area contributed by atoms with Crippen LogP contribution < -0.4 is 4.74 Å². The average Bonchev–Trinajstić information content (AvgIpc) is 2.48. The van der Waals surface area contributed by atoms with E-state index in [4.69, 9.17) is 27.9 Å². The van der Waals surface area contributed by atoms with Gasteiger partial charge in [-0.05, 0) is 12.1 Å². The van der Waals surface area contributed by atoms with Gasteiger partial charge in [0.1, 0.15) is 18.5 Å². The van der Waals surface area contributed by atoms with Crippen molar-refractivity contribution in [3.05, 3.63) is 28.2 Å². The Morgan fingerprint density at radius 2 is 1.91 bits per heavy atom. The quantitative estimate of drug-likeness (QED) is 0.802. The highest BCUT2D eigenvalue weighted by atomic mass is 35.5. The zero-order chi connectivity index (χ0) is 17.0. The van der Waals surface area contributed by atoms with E-state index in [1.54, 1.807) is 18.2 Å². The summed E-state index contributed by atoms with van der Waals surface area (Å²) in [5.74, 6) is 0.431. The molecule has 0 bridgehead atoms. The molecule has 0 unspecified atom stereocenters. The predicted molar refractivity (Wildman–Crippen MR) is 90.8 cm³/mol. The first-order chi connectivity index (χ1) is 10.8.